The second-order valence-electron chi connectivity index (χ2n) is 6.17. The van der Waals surface area contributed by atoms with Crippen molar-refractivity contribution in [1.29, 1.82) is 0 Å². The van der Waals surface area contributed by atoms with Gasteiger partial charge < -0.3 is 10.1 Å². The maximum Gasteiger partial charge on any atom is 0.348 e. The number of sulfonamides is 1. The molecule has 3 rings (SSSR count). The highest BCUT2D eigenvalue weighted by Crippen LogP contribution is 2.29. The summed E-state index contributed by atoms with van der Waals surface area (Å²) in [6.07, 6.45) is 4.31. The van der Waals surface area contributed by atoms with Gasteiger partial charge in [-0.25, -0.2) is 13.2 Å². The summed E-state index contributed by atoms with van der Waals surface area (Å²) in [6, 6.07) is 1.82. The average Bonchev–Trinajstić information content (AvgIpc) is 3.25. The second kappa shape index (κ2) is 8.14. The van der Waals surface area contributed by atoms with Gasteiger partial charge in [0.15, 0.2) is 0 Å². The van der Waals surface area contributed by atoms with Crippen LogP contribution in [-0.4, -0.2) is 51.5 Å². The fourth-order valence-electron chi connectivity index (χ4n) is 2.77. The highest BCUT2D eigenvalue weighted by molar-refractivity contribution is 7.89. The molecule has 1 aliphatic carbocycles. The number of hydrogen-bond acceptors (Lipinski definition) is 6. The maximum atomic E-state index is 12.7. The normalized spacial score (nSPS) is 19.7. The van der Waals surface area contributed by atoms with E-state index in [2.05, 4.69) is 10.1 Å². The van der Waals surface area contributed by atoms with Crippen LogP contribution in [0.25, 0.3) is 0 Å². The first-order valence-electron chi connectivity index (χ1n) is 7.91. The number of carbonyl (C=O) groups is 1. The molecule has 2 aliphatic rings. The number of halogens is 1. The molecular weight excluding hydrogens is 372 g/mol. The van der Waals surface area contributed by atoms with Gasteiger partial charge >= 0.3 is 5.97 Å². The zero-order valence-electron chi connectivity index (χ0n) is 13.6. The summed E-state index contributed by atoms with van der Waals surface area (Å²) in [4.78, 5) is 12.0. The summed E-state index contributed by atoms with van der Waals surface area (Å²) in [5, 5.41) is 5.05. The number of esters is 1. The van der Waals surface area contributed by atoms with Crippen LogP contribution in [0.15, 0.2) is 16.3 Å². The number of carbonyl (C=O) groups excluding carboxylic acids is 1. The van der Waals surface area contributed by atoms with E-state index in [0.29, 0.717) is 24.0 Å². The van der Waals surface area contributed by atoms with Crippen LogP contribution in [0.5, 0.6) is 0 Å². The molecule has 9 heteroatoms. The molecule has 1 aliphatic heterocycles. The summed E-state index contributed by atoms with van der Waals surface area (Å²) in [6.45, 7) is 2.10. The van der Waals surface area contributed by atoms with E-state index in [1.54, 1.807) is 0 Å². The monoisotopic (exact) mass is 394 g/mol. The highest BCUT2D eigenvalue weighted by Gasteiger charge is 2.31. The molecule has 0 unspecified atom stereocenters. The average molecular weight is 395 g/mol. The van der Waals surface area contributed by atoms with Gasteiger partial charge in [0.25, 0.3) is 0 Å². The van der Waals surface area contributed by atoms with Gasteiger partial charge in [-0.2, -0.15) is 4.31 Å². The molecule has 0 radical (unpaired) electrons. The number of thiophene rings is 1. The summed E-state index contributed by atoms with van der Waals surface area (Å²) in [7, 11) is -2.23. The molecule has 0 bridgehead atoms. The van der Waals surface area contributed by atoms with E-state index in [0.717, 1.165) is 36.6 Å². The smallest absolute Gasteiger partial charge is 0.348 e. The van der Waals surface area contributed by atoms with E-state index < -0.39 is 16.0 Å². The zero-order valence-corrected chi connectivity index (χ0v) is 16.0. The van der Waals surface area contributed by atoms with Gasteiger partial charge in [0, 0.05) is 24.5 Å². The van der Waals surface area contributed by atoms with Crippen molar-refractivity contribution in [2.75, 3.05) is 26.7 Å². The Morgan fingerprint density at radius 3 is 2.58 bits per heavy atom. The van der Waals surface area contributed by atoms with Crippen molar-refractivity contribution >= 4 is 39.7 Å². The van der Waals surface area contributed by atoms with Gasteiger partial charge in [-0.3, -0.25) is 0 Å². The van der Waals surface area contributed by atoms with Crippen LogP contribution in [0, 0.1) is 5.92 Å². The Bertz CT molecular complexity index is 665. The standard InChI is InChI=1S/C15H22N2O4S2.ClH/c1-21-15(18)14-8-13(10-22-14)23(19,20)17-6-4-12(5-7-17)16-9-11-2-3-11;/h8,10-12,16H,2-7,9H2,1H3;1H. The molecule has 24 heavy (non-hydrogen) atoms. The summed E-state index contributed by atoms with van der Waals surface area (Å²) in [5.74, 6) is 0.332. The minimum Gasteiger partial charge on any atom is -0.465 e. The van der Waals surface area contributed by atoms with Crippen LogP contribution in [0.1, 0.15) is 35.4 Å². The third-order valence-corrected chi connectivity index (χ3v) is 7.38. The summed E-state index contributed by atoms with van der Waals surface area (Å²) >= 11 is 1.10. The first-order chi connectivity index (χ1) is 11.0. The zero-order chi connectivity index (χ0) is 16.4. The van der Waals surface area contributed by atoms with Crippen LogP contribution in [0.2, 0.25) is 0 Å². The summed E-state index contributed by atoms with van der Waals surface area (Å²) < 4.78 is 31.5. The number of ether oxygens (including phenoxy) is 1. The fourth-order valence-corrected chi connectivity index (χ4v) is 5.41. The quantitative estimate of drug-likeness (QED) is 0.748. The number of methoxy groups -OCH3 is 1. The predicted molar refractivity (Wildman–Crippen MR) is 95.4 cm³/mol. The molecule has 0 spiro atoms. The lowest BCUT2D eigenvalue weighted by Gasteiger charge is -2.31. The van der Waals surface area contributed by atoms with E-state index in [4.69, 9.17) is 0 Å². The van der Waals surface area contributed by atoms with Crippen LogP contribution in [0.4, 0.5) is 0 Å². The van der Waals surface area contributed by atoms with Crippen LogP contribution in [0.3, 0.4) is 0 Å². The number of hydrogen-bond donors (Lipinski definition) is 1. The van der Waals surface area contributed by atoms with Gasteiger partial charge in [-0.05, 0) is 44.2 Å². The minimum absolute atomic E-state index is 0. The van der Waals surface area contributed by atoms with Gasteiger partial charge in [-0.1, -0.05) is 0 Å². The Morgan fingerprint density at radius 2 is 2.00 bits per heavy atom. The van der Waals surface area contributed by atoms with Gasteiger partial charge in [0.2, 0.25) is 10.0 Å². The van der Waals surface area contributed by atoms with Crippen molar-refractivity contribution < 1.29 is 17.9 Å². The first-order valence-corrected chi connectivity index (χ1v) is 10.2. The Balaban J connectivity index is 0.00000208. The van der Waals surface area contributed by atoms with E-state index in [-0.39, 0.29) is 17.3 Å². The largest absolute Gasteiger partial charge is 0.465 e. The Labute approximate surface area is 153 Å². The van der Waals surface area contributed by atoms with E-state index in [1.165, 1.54) is 35.7 Å². The van der Waals surface area contributed by atoms with Crippen LogP contribution >= 0.6 is 23.7 Å². The third kappa shape index (κ3) is 4.49. The molecule has 2 heterocycles. The minimum atomic E-state index is -3.52. The molecule has 0 amide bonds. The van der Waals surface area contributed by atoms with E-state index in [9.17, 15) is 13.2 Å². The molecule has 0 aromatic carbocycles. The van der Waals surface area contributed by atoms with Crippen molar-refractivity contribution in [3.05, 3.63) is 16.3 Å². The van der Waals surface area contributed by atoms with Crippen molar-refractivity contribution in [1.82, 2.24) is 9.62 Å². The topological polar surface area (TPSA) is 75.7 Å². The molecule has 1 aromatic heterocycles. The molecule has 1 saturated carbocycles. The number of piperidine rings is 1. The van der Waals surface area contributed by atoms with Gasteiger partial charge in [-0.15, -0.1) is 23.7 Å². The summed E-state index contributed by atoms with van der Waals surface area (Å²) in [5.41, 5.74) is 0. The number of nitrogens with zero attached hydrogens (tertiary/aromatic N) is 1. The molecule has 1 N–H and O–H groups in total. The molecule has 0 atom stereocenters. The fraction of sp³-hybridized carbons (Fsp3) is 0.667. The third-order valence-electron chi connectivity index (χ3n) is 4.45. The lowest BCUT2D eigenvalue weighted by molar-refractivity contribution is 0.0606. The van der Waals surface area contributed by atoms with Crippen molar-refractivity contribution in [2.24, 2.45) is 5.92 Å². The molecule has 6 nitrogen and oxygen atoms in total. The van der Waals surface area contributed by atoms with Crippen LogP contribution in [-0.2, 0) is 14.8 Å². The van der Waals surface area contributed by atoms with Crippen molar-refractivity contribution in [3.63, 3.8) is 0 Å². The highest BCUT2D eigenvalue weighted by atomic mass is 35.5. The first kappa shape index (κ1) is 19.7. The molecule has 136 valence electrons. The number of rotatable bonds is 6. The molecular formula is C15H23ClN2O4S2. The second-order valence-corrected chi connectivity index (χ2v) is 9.02. The predicted octanol–water partition coefficient (Wildman–Crippen LogP) is 2.11. The Kier molecular flexibility index (Phi) is 6.66. The Hall–Kier alpha value is -0.670. The van der Waals surface area contributed by atoms with E-state index >= 15 is 0 Å². The van der Waals surface area contributed by atoms with E-state index in [1.807, 2.05) is 0 Å². The Morgan fingerprint density at radius 1 is 1.33 bits per heavy atom. The van der Waals surface area contributed by atoms with Crippen molar-refractivity contribution in [2.45, 2.75) is 36.6 Å². The SMILES string of the molecule is COC(=O)c1cc(S(=O)(=O)N2CCC(NCC3CC3)CC2)cs1.Cl. The van der Waals surface area contributed by atoms with Crippen molar-refractivity contribution in [3.8, 4) is 0 Å². The lowest BCUT2D eigenvalue weighted by atomic mass is 10.1. The van der Waals surface area contributed by atoms with Gasteiger partial charge in [0.05, 0.1) is 12.0 Å². The van der Waals surface area contributed by atoms with Gasteiger partial charge in [0.1, 0.15) is 4.88 Å². The van der Waals surface area contributed by atoms with Crippen LogP contribution < -0.4 is 5.32 Å². The molecule has 1 aromatic rings. The molecule has 2 fully saturated rings. The number of nitrogens with one attached hydrogen (secondary N) is 1. The lowest BCUT2D eigenvalue weighted by Crippen LogP contribution is -2.45. The molecule has 1 saturated heterocycles. The maximum absolute atomic E-state index is 12.7.